The fourth-order valence-corrected chi connectivity index (χ4v) is 2.82. The molecular weight excluding hydrogens is 384 g/mol. The molecule has 6 nitrogen and oxygen atoms in total. The number of ether oxygens (including phenoxy) is 1. The molecule has 0 aromatic heterocycles. The molecule has 0 saturated heterocycles. The maximum atomic E-state index is 9.57. The number of aromatic hydroxyl groups is 1. The summed E-state index contributed by atoms with van der Waals surface area (Å²) in [7, 11) is 1.61. The predicted octanol–water partition coefficient (Wildman–Crippen LogP) is 3.40. The lowest BCUT2D eigenvalue weighted by molar-refractivity contribution is 0.415. The molecule has 0 spiro atoms. The van der Waals surface area contributed by atoms with Gasteiger partial charge in [0.2, 0.25) is 0 Å². The molecule has 0 aliphatic carbocycles. The number of nitrogens with zero attached hydrogens (tertiary/aromatic N) is 1. The number of phenols is 1. The SMILES string of the molecule is COc1ccc(C(=N)c2cccc(C(=NNC(N)=S)c3ccc(O)cc3)c2)cc1. The maximum absolute atomic E-state index is 9.57. The number of methoxy groups -OCH3 is 1. The third-order valence-electron chi connectivity index (χ3n) is 4.22. The summed E-state index contributed by atoms with van der Waals surface area (Å²) in [5.74, 6) is 0.895. The molecule has 0 unspecified atom stereocenters. The Morgan fingerprint density at radius 3 is 2.21 bits per heavy atom. The average Bonchev–Trinajstić information content (AvgIpc) is 2.74. The van der Waals surface area contributed by atoms with E-state index >= 15 is 0 Å². The van der Waals surface area contributed by atoms with Crippen molar-refractivity contribution in [3.63, 3.8) is 0 Å². The Balaban J connectivity index is 1.99. The summed E-state index contributed by atoms with van der Waals surface area (Å²) in [5, 5.41) is 22.5. The Hall–Kier alpha value is -3.71. The van der Waals surface area contributed by atoms with E-state index in [1.807, 2.05) is 48.5 Å². The Bertz CT molecular complexity index is 1060. The number of hydrogen-bond acceptors (Lipinski definition) is 5. The molecule has 29 heavy (non-hydrogen) atoms. The highest BCUT2D eigenvalue weighted by Crippen LogP contribution is 2.19. The van der Waals surface area contributed by atoms with Crippen LogP contribution in [0.2, 0.25) is 0 Å². The minimum Gasteiger partial charge on any atom is -0.508 e. The van der Waals surface area contributed by atoms with Gasteiger partial charge in [-0.1, -0.05) is 18.2 Å². The molecule has 0 atom stereocenters. The smallest absolute Gasteiger partial charge is 0.184 e. The van der Waals surface area contributed by atoms with Gasteiger partial charge in [0.1, 0.15) is 11.5 Å². The molecule has 0 radical (unpaired) electrons. The lowest BCUT2D eigenvalue weighted by atomic mass is 9.96. The van der Waals surface area contributed by atoms with Gasteiger partial charge in [-0.2, -0.15) is 5.10 Å². The van der Waals surface area contributed by atoms with E-state index in [0.29, 0.717) is 11.4 Å². The summed E-state index contributed by atoms with van der Waals surface area (Å²) in [6.07, 6.45) is 0. The van der Waals surface area contributed by atoms with Crippen molar-refractivity contribution in [1.82, 2.24) is 5.43 Å². The van der Waals surface area contributed by atoms with Crippen molar-refractivity contribution in [2.24, 2.45) is 10.8 Å². The van der Waals surface area contributed by atoms with Crippen molar-refractivity contribution in [3.05, 3.63) is 95.1 Å². The van der Waals surface area contributed by atoms with E-state index in [1.165, 1.54) is 0 Å². The van der Waals surface area contributed by atoms with Crippen LogP contribution in [0.5, 0.6) is 11.5 Å². The Morgan fingerprint density at radius 1 is 0.966 bits per heavy atom. The Kier molecular flexibility index (Phi) is 6.21. The van der Waals surface area contributed by atoms with Crippen molar-refractivity contribution in [1.29, 1.82) is 5.41 Å². The number of thiocarbonyl (C=S) groups is 1. The number of hydrogen-bond donors (Lipinski definition) is 4. The molecule has 146 valence electrons. The zero-order valence-corrected chi connectivity index (χ0v) is 16.5. The first-order chi connectivity index (χ1) is 14.0. The number of nitrogens with one attached hydrogen (secondary N) is 2. The second-order valence-electron chi connectivity index (χ2n) is 6.17. The van der Waals surface area contributed by atoms with Crippen LogP contribution in [0.15, 0.2) is 77.9 Å². The van der Waals surface area contributed by atoms with Gasteiger partial charge in [-0.05, 0) is 66.8 Å². The van der Waals surface area contributed by atoms with Gasteiger partial charge < -0.3 is 15.6 Å². The highest BCUT2D eigenvalue weighted by molar-refractivity contribution is 7.80. The highest BCUT2D eigenvalue weighted by Gasteiger charge is 2.12. The molecule has 5 N–H and O–H groups in total. The minimum absolute atomic E-state index is 0.0448. The standard InChI is InChI=1S/C22H20N4O2S/c1-28-19-11-7-14(8-12-19)20(23)16-3-2-4-17(13-16)21(25-26-22(24)29)15-5-9-18(27)10-6-15/h2-13,23,27H,1H3,(H3,24,26,29). The number of benzene rings is 3. The first kappa shape index (κ1) is 20.0. The van der Waals surface area contributed by atoms with E-state index in [-0.39, 0.29) is 10.9 Å². The van der Waals surface area contributed by atoms with E-state index in [0.717, 1.165) is 28.0 Å². The van der Waals surface area contributed by atoms with Crippen LogP contribution in [-0.4, -0.2) is 28.8 Å². The summed E-state index contributed by atoms with van der Waals surface area (Å²) < 4.78 is 5.18. The summed E-state index contributed by atoms with van der Waals surface area (Å²) >= 11 is 4.86. The van der Waals surface area contributed by atoms with Crippen LogP contribution in [0.3, 0.4) is 0 Å². The van der Waals surface area contributed by atoms with Crippen molar-refractivity contribution < 1.29 is 9.84 Å². The lowest BCUT2D eigenvalue weighted by Gasteiger charge is -2.11. The number of phenolic OH excluding ortho intramolecular Hbond substituents is 1. The van der Waals surface area contributed by atoms with Gasteiger partial charge >= 0.3 is 0 Å². The molecule has 0 aliphatic rings. The van der Waals surface area contributed by atoms with Crippen molar-refractivity contribution in [3.8, 4) is 11.5 Å². The van der Waals surface area contributed by atoms with E-state index in [1.54, 1.807) is 31.4 Å². The molecule has 0 heterocycles. The van der Waals surface area contributed by atoms with Crippen molar-refractivity contribution in [2.45, 2.75) is 0 Å². The maximum Gasteiger partial charge on any atom is 0.184 e. The topological polar surface area (TPSA) is 104 Å². The largest absolute Gasteiger partial charge is 0.508 e. The summed E-state index contributed by atoms with van der Waals surface area (Å²) in [4.78, 5) is 0. The Labute approximate surface area is 174 Å². The fraction of sp³-hybridized carbons (Fsp3) is 0.0455. The van der Waals surface area contributed by atoms with Gasteiger partial charge in [0.25, 0.3) is 0 Å². The number of hydrazone groups is 1. The molecule has 7 heteroatoms. The molecule has 3 aromatic rings. The van der Waals surface area contributed by atoms with E-state index in [2.05, 4.69) is 10.5 Å². The van der Waals surface area contributed by atoms with E-state index < -0.39 is 0 Å². The average molecular weight is 404 g/mol. The Morgan fingerprint density at radius 2 is 1.59 bits per heavy atom. The summed E-state index contributed by atoms with van der Waals surface area (Å²) in [6, 6.07) is 21.5. The molecule has 0 fully saturated rings. The summed E-state index contributed by atoms with van der Waals surface area (Å²) in [6.45, 7) is 0. The quantitative estimate of drug-likeness (QED) is 0.286. The van der Waals surface area contributed by atoms with Gasteiger partial charge in [-0.15, -0.1) is 0 Å². The fourth-order valence-electron chi connectivity index (χ4n) is 2.77. The minimum atomic E-state index is 0.0448. The molecule has 0 saturated carbocycles. The highest BCUT2D eigenvalue weighted by atomic mass is 32.1. The van der Waals surface area contributed by atoms with Crippen LogP contribution in [0.4, 0.5) is 0 Å². The number of nitrogens with two attached hydrogens (primary N) is 1. The molecule has 0 aliphatic heterocycles. The normalized spacial score (nSPS) is 11.0. The molecule has 3 rings (SSSR count). The van der Waals surface area contributed by atoms with Crippen LogP contribution in [-0.2, 0) is 0 Å². The second kappa shape index (κ2) is 8.99. The summed E-state index contributed by atoms with van der Waals surface area (Å²) in [5.41, 5.74) is 12.1. The first-order valence-corrected chi connectivity index (χ1v) is 9.15. The zero-order chi connectivity index (χ0) is 20.8. The van der Waals surface area contributed by atoms with Crippen LogP contribution in [0, 0.1) is 5.41 Å². The third kappa shape index (κ3) is 4.97. The molecular formula is C22H20N4O2S. The van der Waals surface area contributed by atoms with E-state index in [9.17, 15) is 5.11 Å². The van der Waals surface area contributed by atoms with Gasteiger partial charge in [0.15, 0.2) is 5.11 Å². The van der Waals surface area contributed by atoms with Crippen LogP contribution in [0.25, 0.3) is 0 Å². The zero-order valence-electron chi connectivity index (χ0n) is 15.7. The van der Waals surface area contributed by atoms with Crippen LogP contribution < -0.4 is 15.9 Å². The second-order valence-corrected chi connectivity index (χ2v) is 6.61. The van der Waals surface area contributed by atoms with Gasteiger partial charge in [-0.3, -0.25) is 10.8 Å². The van der Waals surface area contributed by atoms with Crippen molar-refractivity contribution >= 4 is 28.8 Å². The van der Waals surface area contributed by atoms with Crippen LogP contribution in [0.1, 0.15) is 22.3 Å². The first-order valence-electron chi connectivity index (χ1n) is 8.74. The molecule has 3 aromatic carbocycles. The number of rotatable bonds is 6. The van der Waals surface area contributed by atoms with Crippen molar-refractivity contribution in [2.75, 3.05) is 7.11 Å². The van der Waals surface area contributed by atoms with Crippen LogP contribution >= 0.6 is 12.2 Å². The molecule has 0 amide bonds. The third-order valence-corrected chi connectivity index (χ3v) is 4.31. The molecule has 0 bridgehead atoms. The monoisotopic (exact) mass is 404 g/mol. The van der Waals surface area contributed by atoms with Gasteiger partial charge in [-0.25, -0.2) is 0 Å². The van der Waals surface area contributed by atoms with E-state index in [4.69, 9.17) is 28.1 Å². The predicted molar refractivity (Wildman–Crippen MR) is 119 cm³/mol. The van der Waals surface area contributed by atoms with Gasteiger partial charge in [0, 0.05) is 22.3 Å². The lowest BCUT2D eigenvalue weighted by Crippen LogP contribution is -2.26. The van der Waals surface area contributed by atoms with Gasteiger partial charge in [0.05, 0.1) is 18.5 Å².